The zero-order chi connectivity index (χ0) is 18.5. The molecule has 1 aliphatic rings. The summed E-state index contributed by atoms with van der Waals surface area (Å²) in [7, 11) is 1.56. The third kappa shape index (κ3) is 4.26. The van der Waals surface area contributed by atoms with Gasteiger partial charge in [0.2, 0.25) is 5.91 Å². The van der Waals surface area contributed by atoms with E-state index >= 15 is 0 Å². The molecule has 26 heavy (non-hydrogen) atoms. The Morgan fingerprint density at radius 1 is 1.19 bits per heavy atom. The fourth-order valence-corrected chi connectivity index (χ4v) is 2.91. The van der Waals surface area contributed by atoms with Crippen LogP contribution in [-0.2, 0) is 16.1 Å². The van der Waals surface area contributed by atoms with Gasteiger partial charge in [-0.15, -0.1) is 0 Å². The lowest BCUT2D eigenvalue weighted by atomic mass is 10.1. The first kappa shape index (κ1) is 18.1. The summed E-state index contributed by atoms with van der Waals surface area (Å²) < 4.78 is 5.74. The van der Waals surface area contributed by atoms with Gasteiger partial charge in [0, 0.05) is 18.6 Å². The highest BCUT2D eigenvalue weighted by atomic mass is 35.5. The summed E-state index contributed by atoms with van der Waals surface area (Å²) in [6.07, 6.45) is -0.654. The van der Waals surface area contributed by atoms with E-state index in [0.29, 0.717) is 23.9 Å². The van der Waals surface area contributed by atoms with Gasteiger partial charge in [-0.25, -0.2) is 0 Å². The summed E-state index contributed by atoms with van der Waals surface area (Å²) in [4.78, 5) is 26.2. The standard InChI is InChI=1S/C19H20ClN3O3/c1-21-19(25)17-11-23(15-4-2-3-5-16(15)26-17)12-18(24)22-10-13-6-8-14(20)9-7-13/h2-9,17H,10-12H2,1H3,(H,21,25)(H,22,24)/t17-/m0/s1. The molecule has 0 fully saturated rings. The highest BCUT2D eigenvalue weighted by Crippen LogP contribution is 2.32. The molecule has 7 heteroatoms. The van der Waals surface area contributed by atoms with Gasteiger partial charge in [-0.2, -0.15) is 0 Å². The maximum atomic E-state index is 12.4. The number of rotatable bonds is 5. The van der Waals surface area contributed by atoms with E-state index in [2.05, 4.69) is 10.6 Å². The maximum absolute atomic E-state index is 12.4. The average Bonchev–Trinajstić information content (AvgIpc) is 2.66. The van der Waals surface area contributed by atoms with Crippen LogP contribution in [0.3, 0.4) is 0 Å². The van der Waals surface area contributed by atoms with Crippen molar-refractivity contribution in [3.63, 3.8) is 0 Å². The first-order chi connectivity index (χ1) is 12.6. The van der Waals surface area contributed by atoms with Crippen molar-refractivity contribution in [2.75, 3.05) is 25.0 Å². The fraction of sp³-hybridized carbons (Fsp3) is 0.263. The van der Waals surface area contributed by atoms with E-state index in [-0.39, 0.29) is 18.4 Å². The van der Waals surface area contributed by atoms with Gasteiger partial charge in [0.05, 0.1) is 18.8 Å². The van der Waals surface area contributed by atoms with Gasteiger partial charge in [0.15, 0.2) is 6.10 Å². The van der Waals surface area contributed by atoms with Crippen molar-refractivity contribution in [2.24, 2.45) is 0 Å². The zero-order valence-electron chi connectivity index (χ0n) is 14.4. The minimum Gasteiger partial charge on any atom is -0.477 e. The first-order valence-electron chi connectivity index (χ1n) is 8.30. The van der Waals surface area contributed by atoms with E-state index in [9.17, 15) is 9.59 Å². The van der Waals surface area contributed by atoms with E-state index < -0.39 is 6.10 Å². The third-order valence-electron chi connectivity index (χ3n) is 4.14. The van der Waals surface area contributed by atoms with Crippen LogP contribution >= 0.6 is 11.6 Å². The minimum absolute atomic E-state index is 0.132. The highest BCUT2D eigenvalue weighted by molar-refractivity contribution is 6.30. The second-order valence-electron chi connectivity index (χ2n) is 5.97. The van der Waals surface area contributed by atoms with Gasteiger partial charge >= 0.3 is 0 Å². The van der Waals surface area contributed by atoms with Gasteiger partial charge in [-0.05, 0) is 29.8 Å². The number of anilines is 1. The second kappa shape index (κ2) is 8.10. The van der Waals surface area contributed by atoms with Crippen LogP contribution in [0.4, 0.5) is 5.69 Å². The van der Waals surface area contributed by atoms with Crippen LogP contribution in [-0.4, -0.2) is 38.1 Å². The van der Waals surface area contributed by atoms with Crippen molar-refractivity contribution >= 4 is 29.1 Å². The topological polar surface area (TPSA) is 70.7 Å². The highest BCUT2D eigenvalue weighted by Gasteiger charge is 2.30. The Hall–Kier alpha value is -2.73. The van der Waals surface area contributed by atoms with Crippen LogP contribution < -0.4 is 20.3 Å². The monoisotopic (exact) mass is 373 g/mol. The average molecular weight is 374 g/mol. The van der Waals surface area contributed by atoms with Crippen LogP contribution in [0.1, 0.15) is 5.56 Å². The van der Waals surface area contributed by atoms with E-state index in [0.717, 1.165) is 11.3 Å². The molecule has 2 amide bonds. The molecule has 2 aromatic carbocycles. The van der Waals surface area contributed by atoms with Crippen LogP contribution in [0.5, 0.6) is 5.75 Å². The molecule has 6 nitrogen and oxygen atoms in total. The van der Waals surface area contributed by atoms with E-state index in [1.165, 1.54) is 0 Å². The summed E-state index contributed by atoms with van der Waals surface area (Å²) in [5.41, 5.74) is 1.77. The zero-order valence-corrected chi connectivity index (χ0v) is 15.1. The molecule has 1 atom stereocenters. The maximum Gasteiger partial charge on any atom is 0.262 e. The molecule has 136 valence electrons. The molecule has 0 spiro atoms. The molecular weight excluding hydrogens is 354 g/mol. The number of hydrogen-bond donors (Lipinski definition) is 2. The number of para-hydroxylation sites is 2. The number of hydrogen-bond acceptors (Lipinski definition) is 4. The van der Waals surface area contributed by atoms with Crippen molar-refractivity contribution < 1.29 is 14.3 Å². The Bertz CT molecular complexity index is 795. The third-order valence-corrected chi connectivity index (χ3v) is 4.39. The van der Waals surface area contributed by atoms with E-state index in [4.69, 9.17) is 16.3 Å². The normalized spacial score (nSPS) is 15.6. The molecular formula is C19H20ClN3O3. The summed E-state index contributed by atoms with van der Waals surface area (Å²) in [6, 6.07) is 14.7. The second-order valence-corrected chi connectivity index (χ2v) is 6.41. The van der Waals surface area contributed by atoms with Gasteiger partial charge in [-0.1, -0.05) is 35.9 Å². The van der Waals surface area contributed by atoms with Crippen LogP contribution in [0, 0.1) is 0 Å². The number of ether oxygens (including phenoxy) is 1. The number of nitrogens with zero attached hydrogens (tertiary/aromatic N) is 1. The van der Waals surface area contributed by atoms with Crippen LogP contribution in [0.15, 0.2) is 48.5 Å². The summed E-state index contributed by atoms with van der Waals surface area (Å²) in [5.74, 6) is 0.247. The summed E-state index contributed by atoms with van der Waals surface area (Å²) in [5, 5.41) is 6.14. The van der Waals surface area contributed by atoms with Gasteiger partial charge in [0.1, 0.15) is 5.75 Å². The van der Waals surface area contributed by atoms with Gasteiger partial charge in [0.25, 0.3) is 5.91 Å². The van der Waals surface area contributed by atoms with Crippen LogP contribution in [0.25, 0.3) is 0 Å². The number of halogens is 1. The Morgan fingerprint density at radius 2 is 1.92 bits per heavy atom. The Balaban J connectivity index is 1.66. The lowest BCUT2D eigenvalue weighted by Gasteiger charge is -2.35. The SMILES string of the molecule is CNC(=O)[C@@H]1CN(CC(=O)NCc2ccc(Cl)cc2)c2ccccc2O1. The molecule has 0 aliphatic carbocycles. The molecule has 0 unspecified atom stereocenters. The molecule has 0 bridgehead atoms. The Kier molecular flexibility index (Phi) is 5.63. The van der Waals surface area contributed by atoms with Crippen molar-refractivity contribution in [2.45, 2.75) is 12.6 Å². The molecule has 0 radical (unpaired) electrons. The number of amides is 2. The lowest BCUT2D eigenvalue weighted by Crippen LogP contribution is -2.50. The van der Waals surface area contributed by atoms with Gasteiger partial charge in [-0.3, -0.25) is 9.59 Å². The Morgan fingerprint density at radius 3 is 2.65 bits per heavy atom. The molecule has 1 heterocycles. The number of carbonyl (C=O) groups excluding carboxylic acids is 2. The minimum atomic E-state index is -0.654. The van der Waals surface area contributed by atoms with Crippen molar-refractivity contribution in [1.29, 1.82) is 0 Å². The molecule has 1 aliphatic heterocycles. The smallest absolute Gasteiger partial charge is 0.262 e. The van der Waals surface area contributed by atoms with Crippen LogP contribution in [0.2, 0.25) is 5.02 Å². The van der Waals surface area contributed by atoms with E-state index in [1.807, 2.05) is 35.2 Å². The number of carbonyl (C=O) groups is 2. The van der Waals surface area contributed by atoms with Crippen molar-refractivity contribution in [3.8, 4) is 5.75 Å². The van der Waals surface area contributed by atoms with E-state index in [1.54, 1.807) is 25.2 Å². The summed E-state index contributed by atoms with van der Waals surface area (Å²) >= 11 is 5.86. The predicted octanol–water partition coefficient (Wildman–Crippen LogP) is 1.97. The molecule has 0 aromatic heterocycles. The molecule has 3 rings (SSSR count). The molecule has 2 aromatic rings. The largest absolute Gasteiger partial charge is 0.477 e. The number of fused-ring (bicyclic) bond motifs is 1. The number of nitrogens with one attached hydrogen (secondary N) is 2. The number of benzene rings is 2. The quantitative estimate of drug-likeness (QED) is 0.840. The van der Waals surface area contributed by atoms with Gasteiger partial charge < -0.3 is 20.3 Å². The summed E-state index contributed by atoms with van der Waals surface area (Å²) in [6.45, 7) is 0.868. The molecule has 0 saturated carbocycles. The lowest BCUT2D eigenvalue weighted by molar-refractivity contribution is -0.127. The fourth-order valence-electron chi connectivity index (χ4n) is 2.79. The van der Waals surface area contributed by atoms with Crippen molar-refractivity contribution in [3.05, 3.63) is 59.1 Å². The molecule has 2 N–H and O–H groups in total. The first-order valence-corrected chi connectivity index (χ1v) is 8.68. The molecule has 0 saturated heterocycles. The Labute approximate surface area is 157 Å². The van der Waals surface area contributed by atoms with Crippen molar-refractivity contribution in [1.82, 2.24) is 10.6 Å². The number of likely N-dealkylation sites (N-methyl/N-ethyl adjacent to an activating group) is 1. The predicted molar refractivity (Wildman–Crippen MR) is 100 cm³/mol.